The Morgan fingerprint density at radius 1 is 0.741 bits per heavy atom. The molecular weight excluding hydrogens is 384 g/mol. The smallest absolute Gasteiger partial charge is 0.203 e. The standard InChI is InChI=1S/C21H16Cl2FN3/c22-17-10-7-15(11-18(17)23)13-27-20-4-2-1-3-19(20)26(21(27)25)12-14-5-8-16(24)9-6-14/h1-11,25H,12-13H2. The van der Waals surface area contributed by atoms with Gasteiger partial charge in [-0.05, 0) is 47.5 Å². The van der Waals surface area contributed by atoms with E-state index in [0.717, 1.165) is 22.2 Å². The summed E-state index contributed by atoms with van der Waals surface area (Å²) < 4.78 is 17.0. The van der Waals surface area contributed by atoms with Crippen molar-refractivity contribution in [1.82, 2.24) is 9.13 Å². The fourth-order valence-electron chi connectivity index (χ4n) is 3.21. The topological polar surface area (TPSA) is 33.7 Å². The summed E-state index contributed by atoms with van der Waals surface area (Å²) >= 11 is 12.1. The minimum absolute atomic E-state index is 0.267. The van der Waals surface area contributed by atoms with Gasteiger partial charge in [0.2, 0.25) is 5.62 Å². The largest absolute Gasteiger partial charge is 0.306 e. The van der Waals surface area contributed by atoms with E-state index in [4.69, 9.17) is 28.6 Å². The van der Waals surface area contributed by atoms with E-state index in [1.807, 2.05) is 45.5 Å². The molecule has 0 radical (unpaired) electrons. The number of rotatable bonds is 4. The maximum Gasteiger partial charge on any atom is 0.203 e. The molecule has 0 saturated heterocycles. The van der Waals surface area contributed by atoms with Crippen molar-refractivity contribution < 1.29 is 4.39 Å². The highest BCUT2D eigenvalue weighted by Crippen LogP contribution is 2.24. The number of imidazole rings is 1. The maximum atomic E-state index is 13.2. The minimum atomic E-state index is -0.267. The predicted molar refractivity (Wildman–Crippen MR) is 107 cm³/mol. The molecule has 0 aliphatic heterocycles. The number of aromatic nitrogens is 2. The summed E-state index contributed by atoms with van der Waals surface area (Å²) in [5, 5.41) is 9.71. The molecule has 4 aromatic rings. The van der Waals surface area contributed by atoms with Crippen molar-refractivity contribution in [1.29, 1.82) is 5.41 Å². The van der Waals surface area contributed by atoms with E-state index in [-0.39, 0.29) is 5.82 Å². The van der Waals surface area contributed by atoms with Crippen molar-refractivity contribution in [2.24, 2.45) is 0 Å². The average Bonchev–Trinajstić information content (AvgIpc) is 2.92. The number of halogens is 3. The van der Waals surface area contributed by atoms with Crippen LogP contribution in [-0.2, 0) is 13.1 Å². The Morgan fingerprint density at radius 2 is 1.30 bits per heavy atom. The second-order valence-electron chi connectivity index (χ2n) is 6.36. The first-order valence-electron chi connectivity index (χ1n) is 8.44. The highest BCUT2D eigenvalue weighted by molar-refractivity contribution is 6.42. The number of benzene rings is 3. The van der Waals surface area contributed by atoms with Gasteiger partial charge in [0.05, 0.1) is 34.2 Å². The quantitative estimate of drug-likeness (QED) is 0.472. The highest BCUT2D eigenvalue weighted by Gasteiger charge is 2.12. The van der Waals surface area contributed by atoms with Crippen molar-refractivity contribution in [2.45, 2.75) is 13.1 Å². The molecule has 1 aromatic heterocycles. The van der Waals surface area contributed by atoms with Crippen LogP contribution in [0.2, 0.25) is 10.0 Å². The van der Waals surface area contributed by atoms with Crippen LogP contribution in [0.1, 0.15) is 11.1 Å². The third-order valence-corrected chi connectivity index (χ3v) is 5.29. The van der Waals surface area contributed by atoms with Gasteiger partial charge in [0.1, 0.15) is 5.82 Å². The van der Waals surface area contributed by atoms with Crippen LogP contribution in [0.3, 0.4) is 0 Å². The van der Waals surface area contributed by atoms with Gasteiger partial charge in [-0.3, -0.25) is 5.41 Å². The summed E-state index contributed by atoms with van der Waals surface area (Å²) in [6.07, 6.45) is 0. The van der Waals surface area contributed by atoms with E-state index in [1.165, 1.54) is 12.1 Å². The minimum Gasteiger partial charge on any atom is -0.306 e. The predicted octanol–water partition coefficient (Wildman–Crippen LogP) is 5.46. The molecule has 0 aliphatic carbocycles. The van der Waals surface area contributed by atoms with Gasteiger partial charge in [-0.15, -0.1) is 0 Å². The molecule has 0 amide bonds. The Balaban J connectivity index is 1.79. The first-order valence-corrected chi connectivity index (χ1v) is 9.19. The number of hydrogen-bond acceptors (Lipinski definition) is 1. The van der Waals surface area contributed by atoms with Crippen molar-refractivity contribution in [3.63, 3.8) is 0 Å². The molecule has 1 heterocycles. The van der Waals surface area contributed by atoms with Crippen LogP contribution in [0.25, 0.3) is 11.0 Å². The fraction of sp³-hybridized carbons (Fsp3) is 0.0952. The van der Waals surface area contributed by atoms with Crippen LogP contribution in [0.4, 0.5) is 4.39 Å². The third kappa shape index (κ3) is 3.51. The van der Waals surface area contributed by atoms with Gasteiger partial charge in [0.25, 0.3) is 0 Å². The van der Waals surface area contributed by atoms with Gasteiger partial charge in [0.15, 0.2) is 0 Å². The lowest BCUT2D eigenvalue weighted by atomic mass is 10.2. The van der Waals surface area contributed by atoms with Crippen molar-refractivity contribution in [3.05, 3.63) is 99.3 Å². The number of fused-ring (bicyclic) bond motifs is 1. The summed E-state index contributed by atoms with van der Waals surface area (Å²) in [6, 6.07) is 19.7. The van der Waals surface area contributed by atoms with Crippen LogP contribution in [0.15, 0.2) is 66.7 Å². The lowest BCUT2D eigenvalue weighted by Gasteiger charge is -2.07. The molecule has 4 rings (SSSR count). The summed E-state index contributed by atoms with van der Waals surface area (Å²) in [7, 11) is 0. The third-order valence-electron chi connectivity index (χ3n) is 4.55. The SMILES string of the molecule is N=c1n(Cc2ccc(F)cc2)c2ccccc2n1Cc1ccc(Cl)c(Cl)c1. The van der Waals surface area contributed by atoms with Gasteiger partial charge >= 0.3 is 0 Å². The average molecular weight is 400 g/mol. The molecular formula is C21H16Cl2FN3. The molecule has 0 bridgehead atoms. The molecule has 27 heavy (non-hydrogen) atoms. The lowest BCUT2D eigenvalue weighted by molar-refractivity contribution is 0.624. The van der Waals surface area contributed by atoms with Crippen molar-refractivity contribution >= 4 is 34.2 Å². The highest BCUT2D eigenvalue weighted by atomic mass is 35.5. The molecule has 0 saturated carbocycles. The Labute approximate surface area is 165 Å². The van der Waals surface area contributed by atoms with E-state index in [0.29, 0.717) is 28.8 Å². The van der Waals surface area contributed by atoms with Gasteiger partial charge in [-0.1, -0.05) is 53.5 Å². The zero-order valence-electron chi connectivity index (χ0n) is 14.3. The number of para-hydroxylation sites is 2. The summed E-state index contributed by atoms with van der Waals surface area (Å²) in [6.45, 7) is 1.00. The Hall–Kier alpha value is -2.56. The zero-order valence-corrected chi connectivity index (χ0v) is 15.8. The fourth-order valence-corrected chi connectivity index (χ4v) is 3.53. The van der Waals surface area contributed by atoms with Gasteiger partial charge in [-0.25, -0.2) is 4.39 Å². The lowest BCUT2D eigenvalue weighted by Crippen LogP contribution is -2.25. The Bertz CT molecular complexity index is 1180. The Morgan fingerprint density at radius 3 is 1.89 bits per heavy atom. The maximum absolute atomic E-state index is 13.2. The van der Waals surface area contributed by atoms with Crippen molar-refractivity contribution in [2.75, 3.05) is 0 Å². The van der Waals surface area contributed by atoms with Crippen molar-refractivity contribution in [3.8, 4) is 0 Å². The second kappa shape index (κ2) is 7.22. The van der Waals surface area contributed by atoms with E-state index < -0.39 is 0 Å². The van der Waals surface area contributed by atoms with Gasteiger partial charge in [-0.2, -0.15) is 0 Å². The molecule has 1 N–H and O–H groups in total. The molecule has 0 aliphatic rings. The van der Waals surface area contributed by atoms with E-state index in [9.17, 15) is 4.39 Å². The molecule has 0 spiro atoms. The summed E-state index contributed by atoms with van der Waals surface area (Å²) in [4.78, 5) is 0. The molecule has 0 unspecified atom stereocenters. The molecule has 6 heteroatoms. The monoisotopic (exact) mass is 399 g/mol. The van der Waals surface area contributed by atoms with E-state index >= 15 is 0 Å². The van der Waals surface area contributed by atoms with Crippen LogP contribution in [-0.4, -0.2) is 9.13 Å². The molecule has 136 valence electrons. The molecule has 3 nitrogen and oxygen atoms in total. The molecule has 0 fully saturated rings. The number of hydrogen-bond donors (Lipinski definition) is 1. The normalized spacial score (nSPS) is 11.2. The second-order valence-corrected chi connectivity index (χ2v) is 7.17. The molecule has 3 aromatic carbocycles. The van der Waals surface area contributed by atoms with Crippen LogP contribution < -0.4 is 5.62 Å². The Kier molecular flexibility index (Phi) is 4.77. The molecule has 0 atom stereocenters. The van der Waals surface area contributed by atoms with E-state index in [2.05, 4.69) is 0 Å². The van der Waals surface area contributed by atoms with Crippen LogP contribution in [0.5, 0.6) is 0 Å². The first kappa shape index (κ1) is 17.8. The van der Waals surface area contributed by atoms with E-state index in [1.54, 1.807) is 18.2 Å². The summed E-state index contributed by atoms with van der Waals surface area (Å²) in [5.41, 5.74) is 4.18. The first-order chi connectivity index (χ1) is 13.0. The van der Waals surface area contributed by atoms with Crippen LogP contribution in [0, 0.1) is 11.2 Å². The number of nitrogens with one attached hydrogen (secondary N) is 1. The number of nitrogens with zero attached hydrogens (tertiary/aromatic N) is 2. The zero-order chi connectivity index (χ0) is 19.0. The van der Waals surface area contributed by atoms with Crippen LogP contribution >= 0.6 is 23.2 Å². The summed E-state index contributed by atoms with van der Waals surface area (Å²) in [5.74, 6) is -0.267. The van der Waals surface area contributed by atoms with Gasteiger partial charge in [0, 0.05) is 0 Å². The van der Waals surface area contributed by atoms with Gasteiger partial charge < -0.3 is 9.13 Å².